The third-order valence-corrected chi connectivity index (χ3v) is 18.0. The average molecular weight is 924 g/mol. The van der Waals surface area contributed by atoms with Crippen molar-refractivity contribution in [2.75, 3.05) is 52.4 Å². The summed E-state index contributed by atoms with van der Waals surface area (Å²) in [6, 6.07) is 3.20. The quantitative estimate of drug-likeness (QED) is 0.120. The molecule has 0 spiro atoms. The van der Waals surface area contributed by atoms with Crippen molar-refractivity contribution in [2.45, 2.75) is 346 Å². The summed E-state index contributed by atoms with van der Waals surface area (Å²) >= 11 is 0. The van der Waals surface area contributed by atoms with Crippen molar-refractivity contribution < 1.29 is 0 Å². The summed E-state index contributed by atoms with van der Waals surface area (Å²) in [6.45, 7) is 16.0. The molecule has 4 rings (SSSR count). The smallest absolute Gasteiger partial charge is 0.00958 e. The van der Waals surface area contributed by atoms with Gasteiger partial charge < -0.3 is 19.6 Å². The van der Waals surface area contributed by atoms with E-state index in [0.29, 0.717) is 0 Å². The van der Waals surface area contributed by atoms with Gasteiger partial charge in [0.05, 0.1) is 0 Å². The normalized spacial score (nSPS) is 24.8. The summed E-state index contributed by atoms with van der Waals surface area (Å²) in [4.78, 5) is 12.2. The Hall–Kier alpha value is -0.160. The van der Waals surface area contributed by atoms with Gasteiger partial charge in [0.25, 0.3) is 0 Å². The van der Waals surface area contributed by atoms with Crippen molar-refractivity contribution in [1.82, 2.24) is 19.6 Å². The number of hydrogen-bond acceptors (Lipinski definition) is 4. The zero-order valence-corrected chi connectivity index (χ0v) is 45.7. The van der Waals surface area contributed by atoms with E-state index >= 15 is 0 Å². The lowest BCUT2D eigenvalue weighted by atomic mass is 9.93. The molecule has 4 nitrogen and oxygen atoms in total. The highest BCUT2D eigenvalue weighted by Gasteiger charge is 2.25. The number of hydrogen-bond donors (Lipinski definition) is 0. The molecular weight excluding hydrogens is 801 g/mol. The van der Waals surface area contributed by atoms with Crippen LogP contribution in [0.5, 0.6) is 0 Å². The summed E-state index contributed by atoms with van der Waals surface area (Å²) in [7, 11) is 0. The zero-order chi connectivity index (χ0) is 46.2. The van der Waals surface area contributed by atoms with Gasteiger partial charge in [-0.2, -0.15) is 0 Å². The van der Waals surface area contributed by atoms with Gasteiger partial charge in [0.15, 0.2) is 0 Å². The molecule has 0 aliphatic carbocycles. The van der Waals surface area contributed by atoms with Gasteiger partial charge in [-0.05, 0) is 155 Å². The molecule has 0 N–H and O–H groups in total. The van der Waals surface area contributed by atoms with Crippen LogP contribution in [0.1, 0.15) is 322 Å². The summed E-state index contributed by atoms with van der Waals surface area (Å²) < 4.78 is 0. The summed E-state index contributed by atoms with van der Waals surface area (Å²) in [6.07, 6.45) is 69.9. The topological polar surface area (TPSA) is 13.0 Å². The van der Waals surface area contributed by atoms with Gasteiger partial charge in [-0.15, -0.1) is 0 Å². The second-order valence-electron chi connectivity index (χ2n) is 23.5. The minimum Gasteiger partial charge on any atom is -0.300 e. The molecule has 4 aliphatic rings. The highest BCUT2D eigenvalue weighted by molar-refractivity contribution is 4.82. The summed E-state index contributed by atoms with van der Waals surface area (Å²) in [5, 5.41) is 0. The first kappa shape index (κ1) is 58.4. The number of unbranched alkanes of at least 4 members (excludes halogenated alkanes) is 2. The van der Waals surface area contributed by atoms with E-state index in [9.17, 15) is 0 Å². The Morgan fingerprint density at radius 3 is 0.636 bits per heavy atom. The maximum atomic E-state index is 3.10. The van der Waals surface area contributed by atoms with Gasteiger partial charge >= 0.3 is 0 Å². The molecule has 4 heteroatoms. The van der Waals surface area contributed by atoms with Crippen LogP contribution in [-0.2, 0) is 0 Å². The van der Waals surface area contributed by atoms with Gasteiger partial charge in [-0.25, -0.2) is 0 Å². The fourth-order valence-electron chi connectivity index (χ4n) is 13.6. The Kier molecular flexibility index (Phi) is 36.7. The maximum absolute atomic E-state index is 3.10. The molecule has 0 radical (unpaired) electrons. The molecule has 4 atom stereocenters. The summed E-state index contributed by atoms with van der Waals surface area (Å²) in [5.41, 5.74) is 0. The van der Waals surface area contributed by atoms with E-state index in [1.54, 1.807) is 0 Å². The molecule has 0 aromatic rings. The van der Waals surface area contributed by atoms with Gasteiger partial charge in [0.1, 0.15) is 0 Å². The van der Waals surface area contributed by atoms with E-state index in [-0.39, 0.29) is 0 Å². The number of rotatable bonds is 19. The molecule has 0 amide bonds. The largest absolute Gasteiger partial charge is 0.300 e. The van der Waals surface area contributed by atoms with Gasteiger partial charge in [0, 0.05) is 24.2 Å². The van der Waals surface area contributed by atoms with Gasteiger partial charge in [0.2, 0.25) is 0 Å². The van der Waals surface area contributed by atoms with Gasteiger partial charge in [-0.3, -0.25) is 0 Å². The Morgan fingerprint density at radius 1 is 0.212 bits per heavy atom. The van der Waals surface area contributed by atoms with Crippen LogP contribution >= 0.6 is 0 Å². The molecular formula is C62H122N4. The Morgan fingerprint density at radius 2 is 0.409 bits per heavy atom. The van der Waals surface area contributed by atoms with E-state index in [1.807, 2.05) is 0 Å². The Labute approximate surface area is 416 Å². The molecule has 390 valence electrons. The highest BCUT2D eigenvalue weighted by atomic mass is 15.2. The van der Waals surface area contributed by atoms with Crippen LogP contribution in [-0.4, -0.2) is 96.1 Å². The minimum absolute atomic E-state index is 0.793. The predicted molar refractivity (Wildman–Crippen MR) is 294 cm³/mol. The van der Waals surface area contributed by atoms with Crippen molar-refractivity contribution in [3.8, 4) is 0 Å². The predicted octanol–water partition coefficient (Wildman–Crippen LogP) is 18.5. The molecule has 0 aromatic carbocycles. The lowest BCUT2D eigenvalue weighted by Crippen LogP contribution is -2.41. The van der Waals surface area contributed by atoms with Crippen LogP contribution in [0.4, 0.5) is 0 Å². The van der Waals surface area contributed by atoms with E-state index in [2.05, 4.69) is 33.4 Å². The molecule has 0 bridgehead atoms. The van der Waals surface area contributed by atoms with Gasteiger partial charge in [-0.1, -0.05) is 219 Å². The summed E-state index contributed by atoms with van der Waals surface area (Å²) in [5.74, 6) is 0. The Bertz CT molecular complexity index is 985. The van der Waals surface area contributed by atoms with Crippen LogP contribution < -0.4 is 0 Å². The van der Waals surface area contributed by atoms with Crippen LogP contribution in [0.15, 0.2) is 0 Å². The molecule has 66 heavy (non-hydrogen) atoms. The van der Waals surface area contributed by atoms with E-state index in [1.165, 1.54) is 361 Å². The molecule has 4 fully saturated rings. The fraction of sp³-hybridized carbons (Fsp3) is 1.00. The molecule has 4 saturated heterocycles. The maximum Gasteiger partial charge on any atom is 0.00958 e. The lowest BCUT2D eigenvalue weighted by Gasteiger charge is -2.37. The highest BCUT2D eigenvalue weighted by Crippen LogP contribution is 2.28. The van der Waals surface area contributed by atoms with Crippen molar-refractivity contribution in [3.63, 3.8) is 0 Å². The van der Waals surface area contributed by atoms with Crippen molar-refractivity contribution in [1.29, 1.82) is 0 Å². The third kappa shape index (κ3) is 28.0. The van der Waals surface area contributed by atoms with Crippen LogP contribution in [0.2, 0.25) is 0 Å². The van der Waals surface area contributed by atoms with Crippen molar-refractivity contribution >= 4 is 0 Å². The van der Waals surface area contributed by atoms with Crippen molar-refractivity contribution in [3.05, 3.63) is 0 Å². The lowest BCUT2D eigenvalue weighted by molar-refractivity contribution is 0.126. The molecule has 0 aromatic heterocycles. The van der Waals surface area contributed by atoms with Crippen LogP contribution in [0.3, 0.4) is 0 Å². The van der Waals surface area contributed by atoms with E-state index in [4.69, 9.17) is 0 Å². The molecule has 0 saturated carbocycles. The molecule has 4 aliphatic heterocycles. The average Bonchev–Trinajstić information content (AvgIpc) is 3.30. The second-order valence-corrected chi connectivity index (χ2v) is 23.5. The van der Waals surface area contributed by atoms with E-state index in [0.717, 1.165) is 24.2 Å². The SMILES string of the molecule is CCCC(CCC(CCCCCC(CCC(CC)N1CCCCCCCCCCC1)N1CCCCCCCCCCC1)N1CCCCCCCCCCC1)N1CCCCCCCCCCC1. The Balaban J connectivity index is 1.42. The van der Waals surface area contributed by atoms with Crippen LogP contribution in [0.25, 0.3) is 0 Å². The third-order valence-electron chi connectivity index (χ3n) is 18.0. The minimum atomic E-state index is 0.793. The molecule has 4 heterocycles. The first-order chi connectivity index (χ1) is 32.8. The standard InChI is InChI=1S/C62H122N4/c1-3-44-60(64-53-38-27-19-11-6-12-20-28-39-54-64)49-50-62(66-57-42-31-23-15-8-16-24-32-43-58-66)46-35-33-34-45-61(65-55-40-29-21-13-7-14-22-30-41-56-65)48-47-59(4-2)63-51-36-25-17-9-5-10-18-26-37-52-63/h59-62H,3-58H2,1-2H3. The zero-order valence-electron chi connectivity index (χ0n) is 45.7. The number of nitrogens with zero attached hydrogens (tertiary/aromatic N) is 4. The van der Waals surface area contributed by atoms with Crippen molar-refractivity contribution in [2.24, 2.45) is 0 Å². The first-order valence-electron chi connectivity index (χ1n) is 31.7. The fourth-order valence-corrected chi connectivity index (χ4v) is 13.6. The molecule has 4 unspecified atom stereocenters. The van der Waals surface area contributed by atoms with Crippen LogP contribution in [0, 0.1) is 0 Å². The first-order valence-corrected chi connectivity index (χ1v) is 31.7. The monoisotopic (exact) mass is 923 g/mol. The second kappa shape index (κ2) is 41.5. The van der Waals surface area contributed by atoms with E-state index < -0.39 is 0 Å².